The van der Waals surface area contributed by atoms with Gasteiger partial charge in [0.1, 0.15) is 11.8 Å². The standard InChI is InChI=1S/C15H22N2O4/c1-15(2,12(16)14(19)20)8-9-5-6-10(13(18)17-3)11(7-9)21-4/h5-7,12H,8,16H2,1-4H3,(H,17,18)(H,19,20). The second kappa shape index (κ2) is 6.58. The van der Waals surface area contributed by atoms with E-state index in [1.54, 1.807) is 39.1 Å². The van der Waals surface area contributed by atoms with Gasteiger partial charge in [0.25, 0.3) is 5.91 Å². The molecule has 1 aromatic rings. The molecule has 21 heavy (non-hydrogen) atoms. The molecule has 0 radical (unpaired) electrons. The van der Waals surface area contributed by atoms with Crippen molar-refractivity contribution in [3.8, 4) is 5.75 Å². The van der Waals surface area contributed by atoms with Gasteiger partial charge in [-0.15, -0.1) is 0 Å². The lowest BCUT2D eigenvalue weighted by atomic mass is 9.79. The van der Waals surface area contributed by atoms with Gasteiger partial charge in [0.15, 0.2) is 0 Å². The lowest BCUT2D eigenvalue weighted by Gasteiger charge is -2.29. The van der Waals surface area contributed by atoms with Crippen molar-refractivity contribution in [1.29, 1.82) is 0 Å². The van der Waals surface area contributed by atoms with Crippen molar-refractivity contribution in [2.24, 2.45) is 11.1 Å². The lowest BCUT2D eigenvalue weighted by molar-refractivity contribution is -0.141. The first-order valence-corrected chi connectivity index (χ1v) is 6.60. The van der Waals surface area contributed by atoms with Crippen molar-refractivity contribution >= 4 is 11.9 Å². The van der Waals surface area contributed by atoms with Crippen LogP contribution in [-0.4, -0.2) is 37.2 Å². The minimum atomic E-state index is -1.03. The van der Waals surface area contributed by atoms with Crippen LogP contribution in [0.5, 0.6) is 5.75 Å². The Morgan fingerprint density at radius 3 is 2.52 bits per heavy atom. The van der Waals surface area contributed by atoms with Crippen LogP contribution >= 0.6 is 0 Å². The van der Waals surface area contributed by atoms with Crippen LogP contribution < -0.4 is 15.8 Å². The molecule has 6 nitrogen and oxygen atoms in total. The van der Waals surface area contributed by atoms with E-state index in [9.17, 15) is 9.59 Å². The van der Waals surface area contributed by atoms with E-state index in [0.717, 1.165) is 5.56 Å². The third-order valence-corrected chi connectivity index (χ3v) is 3.51. The fourth-order valence-electron chi connectivity index (χ4n) is 2.14. The average Bonchev–Trinajstić information content (AvgIpc) is 2.44. The van der Waals surface area contributed by atoms with E-state index in [-0.39, 0.29) is 5.91 Å². The number of benzene rings is 1. The predicted molar refractivity (Wildman–Crippen MR) is 79.5 cm³/mol. The third-order valence-electron chi connectivity index (χ3n) is 3.51. The van der Waals surface area contributed by atoms with Crippen LogP contribution in [-0.2, 0) is 11.2 Å². The summed E-state index contributed by atoms with van der Waals surface area (Å²) in [6.07, 6.45) is 0.463. The smallest absolute Gasteiger partial charge is 0.321 e. The largest absolute Gasteiger partial charge is 0.496 e. The van der Waals surface area contributed by atoms with E-state index in [0.29, 0.717) is 17.7 Å². The molecule has 116 valence electrons. The Morgan fingerprint density at radius 2 is 2.05 bits per heavy atom. The van der Waals surface area contributed by atoms with Crippen LogP contribution in [0.3, 0.4) is 0 Å². The van der Waals surface area contributed by atoms with Crippen LogP contribution in [0.15, 0.2) is 18.2 Å². The zero-order chi connectivity index (χ0) is 16.2. The fourth-order valence-corrected chi connectivity index (χ4v) is 2.14. The van der Waals surface area contributed by atoms with Crippen LogP contribution in [0.4, 0.5) is 0 Å². The van der Waals surface area contributed by atoms with E-state index in [1.807, 2.05) is 0 Å². The molecule has 1 aromatic carbocycles. The van der Waals surface area contributed by atoms with Gasteiger partial charge < -0.3 is 20.9 Å². The highest BCUT2D eigenvalue weighted by atomic mass is 16.5. The number of ether oxygens (including phenoxy) is 1. The Labute approximate surface area is 124 Å². The number of carbonyl (C=O) groups is 2. The summed E-state index contributed by atoms with van der Waals surface area (Å²) >= 11 is 0. The summed E-state index contributed by atoms with van der Waals surface area (Å²) in [6, 6.07) is 4.21. The highest BCUT2D eigenvalue weighted by molar-refractivity contribution is 5.96. The average molecular weight is 294 g/mol. The first-order valence-electron chi connectivity index (χ1n) is 6.60. The summed E-state index contributed by atoms with van der Waals surface area (Å²) < 4.78 is 5.22. The molecular formula is C15H22N2O4. The highest BCUT2D eigenvalue weighted by Crippen LogP contribution is 2.28. The van der Waals surface area contributed by atoms with E-state index >= 15 is 0 Å². The Bertz CT molecular complexity index is 540. The molecule has 0 aliphatic rings. The summed E-state index contributed by atoms with van der Waals surface area (Å²) in [4.78, 5) is 22.7. The van der Waals surface area contributed by atoms with Gasteiger partial charge in [-0.1, -0.05) is 19.9 Å². The Hall–Kier alpha value is -2.08. The monoisotopic (exact) mass is 294 g/mol. The number of hydrogen-bond acceptors (Lipinski definition) is 4. The van der Waals surface area contributed by atoms with Crippen LogP contribution in [0.2, 0.25) is 0 Å². The molecule has 0 aliphatic heterocycles. The summed E-state index contributed by atoms with van der Waals surface area (Å²) in [7, 11) is 3.03. The number of amides is 1. The molecule has 0 saturated carbocycles. The highest BCUT2D eigenvalue weighted by Gasteiger charge is 2.32. The maximum atomic E-state index is 11.7. The van der Waals surface area contributed by atoms with Gasteiger partial charge in [-0.05, 0) is 29.5 Å². The zero-order valence-electron chi connectivity index (χ0n) is 12.8. The van der Waals surface area contributed by atoms with Gasteiger partial charge in [0.2, 0.25) is 0 Å². The molecule has 4 N–H and O–H groups in total. The SMILES string of the molecule is CNC(=O)c1ccc(CC(C)(C)C(N)C(=O)O)cc1OC. The number of rotatable bonds is 6. The molecule has 0 spiro atoms. The molecule has 0 heterocycles. The van der Waals surface area contributed by atoms with Crippen LogP contribution in [0, 0.1) is 5.41 Å². The number of nitrogens with one attached hydrogen (secondary N) is 1. The Balaban J connectivity index is 3.06. The maximum Gasteiger partial charge on any atom is 0.321 e. The number of methoxy groups -OCH3 is 1. The molecule has 0 fully saturated rings. The molecule has 6 heteroatoms. The van der Waals surface area contributed by atoms with Gasteiger partial charge >= 0.3 is 5.97 Å². The molecule has 0 aromatic heterocycles. The van der Waals surface area contributed by atoms with Crippen LogP contribution in [0.1, 0.15) is 29.8 Å². The molecule has 0 aliphatic carbocycles. The van der Waals surface area contributed by atoms with Crippen molar-refractivity contribution in [3.05, 3.63) is 29.3 Å². The number of carboxylic acids is 1. The van der Waals surface area contributed by atoms with E-state index in [2.05, 4.69) is 5.32 Å². The van der Waals surface area contributed by atoms with Gasteiger partial charge in [0, 0.05) is 7.05 Å². The predicted octanol–water partition coefficient (Wildman–Crippen LogP) is 1.04. The number of carbonyl (C=O) groups excluding carboxylic acids is 1. The second-order valence-electron chi connectivity index (χ2n) is 5.60. The number of nitrogens with two attached hydrogens (primary N) is 1. The van der Waals surface area contributed by atoms with Gasteiger partial charge in [-0.3, -0.25) is 9.59 Å². The van der Waals surface area contributed by atoms with E-state index in [4.69, 9.17) is 15.6 Å². The van der Waals surface area contributed by atoms with E-state index < -0.39 is 17.4 Å². The normalized spacial score (nSPS) is 12.6. The van der Waals surface area contributed by atoms with Crippen LogP contribution in [0.25, 0.3) is 0 Å². The summed E-state index contributed by atoms with van der Waals surface area (Å²) in [5.74, 6) is -0.819. The van der Waals surface area contributed by atoms with Crippen molar-refractivity contribution in [3.63, 3.8) is 0 Å². The Kier molecular flexibility index (Phi) is 5.32. The second-order valence-corrected chi connectivity index (χ2v) is 5.60. The molecule has 1 rings (SSSR count). The minimum absolute atomic E-state index is 0.236. The van der Waals surface area contributed by atoms with Crippen molar-refractivity contribution in [2.45, 2.75) is 26.3 Å². The molecule has 0 saturated heterocycles. The van der Waals surface area contributed by atoms with Crippen molar-refractivity contribution < 1.29 is 19.4 Å². The number of aliphatic carboxylic acids is 1. The summed E-state index contributed by atoms with van der Waals surface area (Å²) in [5.41, 5.74) is 6.39. The third kappa shape index (κ3) is 3.95. The van der Waals surface area contributed by atoms with Gasteiger partial charge in [0.05, 0.1) is 12.7 Å². The first kappa shape index (κ1) is 17.0. The lowest BCUT2D eigenvalue weighted by Crippen LogP contribution is -2.45. The Morgan fingerprint density at radius 1 is 1.43 bits per heavy atom. The molecule has 1 amide bonds. The molecule has 0 bridgehead atoms. The molecule has 1 atom stereocenters. The summed E-state index contributed by atoms with van der Waals surface area (Å²) in [6.45, 7) is 3.59. The van der Waals surface area contributed by atoms with Gasteiger partial charge in [-0.25, -0.2) is 0 Å². The minimum Gasteiger partial charge on any atom is -0.496 e. The quantitative estimate of drug-likeness (QED) is 0.727. The maximum absolute atomic E-state index is 11.7. The van der Waals surface area contributed by atoms with Gasteiger partial charge in [-0.2, -0.15) is 0 Å². The first-order chi connectivity index (χ1) is 9.72. The van der Waals surface area contributed by atoms with E-state index in [1.165, 1.54) is 7.11 Å². The molecule has 1 unspecified atom stereocenters. The van der Waals surface area contributed by atoms with Crippen molar-refractivity contribution in [2.75, 3.05) is 14.2 Å². The number of hydrogen-bond donors (Lipinski definition) is 3. The topological polar surface area (TPSA) is 102 Å². The molecular weight excluding hydrogens is 272 g/mol. The summed E-state index contributed by atoms with van der Waals surface area (Å²) in [5, 5.41) is 11.6. The zero-order valence-corrected chi connectivity index (χ0v) is 12.8. The fraction of sp³-hybridized carbons (Fsp3) is 0.467. The number of carboxylic acid groups (broad SMARTS) is 1. The van der Waals surface area contributed by atoms with Crippen molar-refractivity contribution in [1.82, 2.24) is 5.32 Å².